The van der Waals surface area contributed by atoms with Crippen LogP contribution in [0.5, 0.6) is 0 Å². The van der Waals surface area contributed by atoms with Gasteiger partial charge in [0.1, 0.15) is 0 Å². The molecule has 94 valence electrons. The molecule has 0 saturated carbocycles. The van der Waals surface area contributed by atoms with Crippen molar-refractivity contribution in [2.45, 2.75) is 25.7 Å². The number of esters is 1. The van der Waals surface area contributed by atoms with Crippen molar-refractivity contribution < 1.29 is 13.9 Å². The first-order chi connectivity index (χ1) is 8.24. The van der Waals surface area contributed by atoms with E-state index in [-0.39, 0.29) is 19.1 Å². The summed E-state index contributed by atoms with van der Waals surface area (Å²) < 4.78 is 16.8. The maximum absolute atomic E-state index is 11.8. The second-order valence-corrected chi connectivity index (χ2v) is 3.85. The number of nitrogen functional groups attached to an aromatic ring is 1. The molecule has 0 aliphatic heterocycles. The molecule has 1 aromatic rings. The third kappa shape index (κ3) is 5.33. The maximum atomic E-state index is 11.8. The van der Waals surface area contributed by atoms with Crippen molar-refractivity contribution in [2.75, 3.05) is 19.0 Å². The first-order valence-corrected chi connectivity index (χ1v) is 5.79. The Labute approximate surface area is 101 Å². The molecule has 0 atom stereocenters. The summed E-state index contributed by atoms with van der Waals surface area (Å²) in [6, 6.07) is 7.21. The molecule has 1 rings (SSSR count). The van der Waals surface area contributed by atoms with Gasteiger partial charge in [0.2, 0.25) is 0 Å². The van der Waals surface area contributed by atoms with Gasteiger partial charge < -0.3 is 10.5 Å². The number of alkyl halides is 1. The number of halogens is 1. The standard InChI is InChI=1S/C13H18FNO2/c14-8-4-1-5-9-17-13(16)10-11-6-2-3-7-12(11)15/h2-3,6-7H,1,4-5,8-10,15H2. The van der Waals surface area contributed by atoms with Crippen molar-refractivity contribution in [3.8, 4) is 0 Å². The second kappa shape index (κ2) is 7.65. The molecule has 2 N–H and O–H groups in total. The smallest absolute Gasteiger partial charge is 0.310 e. The largest absolute Gasteiger partial charge is 0.465 e. The van der Waals surface area contributed by atoms with E-state index < -0.39 is 0 Å². The molecule has 0 aliphatic rings. The van der Waals surface area contributed by atoms with Gasteiger partial charge in [0, 0.05) is 5.69 Å². The Morgan fingerprint density at radius 3 is 2.71 bits per heavy atom. The molecule has 17 heavy (non-hydrogen) atoms. The van der Waals surface area contributed by atoms with E-state index in [1.54, 1.807) is 12.1 Å². The molecule has 4 heteroatoms. The van der Waals surface area contributed by atoms with Gasteiger partial charge in [-0.3, -0.25) is 9.18 Å². The zero-order valence-corrected chi connectivity index (χ0v) is 9.82. The third-order valence-electron chi connectivity index (χ3n) is 2.43. The van der Waals surface area contributed by atoms with Crippen LogP contribution in [0.15, 0.2) is 24.3 Å². The van der Waals surface area contributed by atoms with Crippen LogP contribution in [0.4, 0.5) is 10.1 Å². The predicted molar refractivity (Wildman–Crippen MR) is 65.3 cm³/mol. The zero-order chi connectivity index (χ0) is 12.5. The van der Waals surface area contributed by atoms with Crippen LogP contribution in [0.3, 0.4) is 0 Å². The molecule has 0 aliphatic carbocycles. The van der Waals surface area contributed by atoms with E-state index in [1.165, 1.54) is 0 Å². The lowest BCUT2D eigenvalue weighted by atomic mass is 10.1. The Morgan fingerprint density at radius 1 is 1.24 bits per heavy atom. The van der Waals surface area contributed by atoms with E-state index in [0.29, 0.717) is 25.1 Å². The molecular weight excluding hydrogens is 221 g/mol. The molecule has 0 radical (unpaired) electrons. The van der Waals surface area contributed by atoms with Crippen molar-refractivity contribution in [1.82, 2.24) is 0 Å². The summed E-state index contributed by atoms with van der Waals surface area (Å²) in [5, 5.41) is 0. The van der Waals surface area contributed by atoms with Crippen molar-refractivity contribution in [2.24, 2.45) is 0 Å². The molecule has 0 saturated heterocycles. The number of ether oxygens (including phenoxy) is 1. The first-order valence-electron chi connectivity index (χ1n) is 5.79. The van der Waals surface area contributed by atoms with Crippen LogP contribution in [-0.2, 0) is 16.0 Å². The fourth-order valence-corrected chi connectivity index (χ4v) is 1.46. The fraction of sp³-hybridized carbons (Fsp3) is 0.462. The number of rotatable bonds is 7. The number of nitrogens with two attached hydrogens (primary N) is 1. The highest BCUT2D eigenvalue weighted by atomic mass is 19.1. The Kier molecular flexibility index (Phi) is 6.07. The highest BCUT2D eigenvalue weighted by Gasteiger charge is 2.06. The van der Waals surface area contributed by atoms with Crippen LogP contribution in [0.2, 0.25) is 0 Å². The Morgan fingerprint density at radius 2 is 2.00 bits per heavy atom. The Bertz CT molecular complexity index is 355. The van der Waals surface area contributed by atoms with E-state index in [1.807, 2.05) is 12.1 Å². The minimum absolute atomic E-state index is 0.190. The fourth-order valence-electron chi connectivity index (χ4n) is 1.46. The lowest BCUT2D eigenvalue weighted by Gasteiger charge is -2.06. The summed E-state index contributed by atoms with van der Waals surface area (Å²) in [5.74, 6) is -0.289. The second-order valence-electron chi connectivity index (χ2n) is 3.85. The number of hydrogen-bond acceptors (Lipinski definition) is 3. The third-order valence-corrected chi connectivity index (χ3v) is 2.43. The number of unbranched alkanes of at least 4 members (excludes halogenated alkanes) is 2. The van der Waals surface area contributed by atoms with Crippen LogP contribution in [0.1, 0.15) is 24.8 Å². The minimum atomic E-state index is -0.311. The summed E-state index contributed by atoms with van der Waals surface area (Å²) in [7, 11) is 0. The van der Waals surface area contributed by atoms with Crippen molar-refractivity contribution >= 4 is 11.7 Å². The quantitative estimate of drug-likeness (QED) is 0.452. The van der Waals surface area contributed by atoms with E-state index in [2.05, 4.69) is 0 Å². The summed E-state index contributed by atoms with van der Waals surface area (Å²) in [5.41, 5.74) is 7.09. The molecule has 0 heterocycles. The van der Waals surface area contributed by atoms with E-state index in [4.69, 9.17) is 10.5 Å². The van der Waals surface area contributed by atoms with E-state index in [9.17, 15) is 9.18 Å². The lowest BCUT2D eigenvalue weighted by Crippen LogP contribution is -2.10. The molecule has 0 bridgehead atoms. The van der Waals surface area contributed by atoms with Crippen LogP contribution >= 0.6 is 0 Å². The van der Waals surface area contributed by atoms with Gasteiger partial charge in [-0.25, -0.2) is 0 Å². The Hall–Kier alpha value is -1.58. The van der Waals surface area contributed by atoms with Crippen molar-refractivity contribution in [3.05, 3.63) is 29.8 Å². The van der Waals surface area contributed by atoms with Crippen LogP contribution in [-0.4, -0.2) is 19.3 Å². The summed E-state index contributed by atoms with van der Waals surface area (Å²) in [4.78, 5) is 11.4. The zero-order valence-electron chi connectivity index (χ0n) is 9.82. The van der Waals surface area contributed by atoms with Crippen LogP contribution in [0, 0.1) is 0 Å². The maximum Gasteiger partial charge on any atom is 0.310 e. The monoisotopic (exact) mass is 239 g/mol. The molecule has 0 aromatic heterocycles. The highest BCUT2D eigenvalue weighted by molar-refractivity contribution is 5.74. The van der Waals surface area contributed by atoms with Crippen LogP contribution < -0.4 is 5.73 Å². The van der Waals surface area contributed by atoms with Crippen molar-refractivity contribution in [1.29, 1.82) is 0 Å². The number of carbonyl (C=O) groups is 1. The molecule has 0 spiro atoms. The van der Waals surface area contributed by atoms with Crippen LogP contribution in [0.25, 0.3) is 0 Å². The van der Waals surface area contributed by atoms with Gasteiger partial charge in [-0.2, -0.15) is 0 Å². The van der Waals surface area contributed by atoms with Gasteiger partial charge in [-0.05, 0) is 30.9 Å². The number of anilines is 1. The summed E-state index contributed by atoms with van der Waals surface area (Å²) >= 11 is 0. The van der Waals surface area contributed by atoms with Gasteiger partial charge in [-0.1, -0.05) is 18.2 Å². The predicted octanol–water partition coefficient (Wildman–Crippen LogP) is 2.49. The van der Waals surface area contributed by atoms with Gasteiger partial charge in [-0.15, -0.1) is 0 Å². The number of para-hydroxylation sites is 1. The van der Waals surface area contributed by atoms with Gasteiger partial charge in [0.05, 0.1) is 19.7 Å². The Balaban J connectivity index is 2.23. The minimum Gasteiger partial charge on any atom is -0.465 e. The van der Waals surface area contributed by atoms with Gasteiger partial charge >= 0.3 is 5.97 Å². The molecule has 0 fully saturated rings. The summed E-state index contributed by atoms with van der Waals surface area (Å²) in [6.45, 7) is 0.0417. The summed E-state index contributed by atoms with van der Waals surface area (Å²) in [6.07, 6.45) is 2.18. The normalized spacial score (nSPS) is 10.2. The molecule has 0 unspecified atom stereocenters. The molecule has 1 aromatic carbocycles. The molecular formula is C13H18FNO2. The number of benzene rings is 1. The lowest BCUT2D eigenvalue weighted by molar-refractivity contribution is -0.142. The number of hydrogen-bond donors (Lipinski definition) is 1. The number of carbonyl (C=O) groups excluding carboxylic acids is 1. The van der Waals surface area contributed by atoms with Gasteiger partial charge in [0.15, 0.2) is 0 Å². The van der Waals surface area contributed by atoms with E-state index in [0.717, 1.165) is 12.0 Å². The molecule has 3 nitrogen and oxygen atoms in total. The SMILES string of the molecule is Nc1ccccc1CC(=O)OCCCCCF. The first kappa shape index (κ1) is 13.5. The van der Waals surface area contributed by atoms with Crippen molar-refractivity contribution in [3.63, 3.8) is 0 Å². The molecule has 0 amide bonds. The highest BCUT2D eigenvalue weighted by Crippen LogP contribution is 2.11. The average molecular weight is 239 g/mol. The van der Waals surface area contributed by atoms with E-state index >= 15 is 0 Å². The topological polar surface area (TPSA) is 52.3 Å². The average Bonchev–Trinajstić information content (AvgIpc) is 2.32. The van der Waals surface area contributed by atoms with Gasteiger partial charge in [0.25, 0.3) is 0 Å².